The average molecular weight is 757 g/mol. The smallest absolute Gasteiger partial charge is 0.328 e. The molecule has 2 aliphatic carbocycles. The van der Waals surface area contributed by atoms with Gasteiger partial charge in [0.15, 0.2) is 0 Å². The van der Waals surface area contributed by atoms with Crippen LogP contribution in [0.1, 0.15) is 88.7 Å². The molecule has 2 aromatic rings. The zero-order valence-corrected chi connectivity index (χ0v) is 31.9. The Kier molecular flexibility index (Phi) is 16.7. The number of nitrogens with one attached hydrogen (secondary N) is 2. The van der Waals surface area contributed by atoms with Gasteiger partial charge >= 0.3 is 11.9 Å². The van der Waals surface area contributed by atoms with Crippen molar-refractivity contribution in [3.8, 4) is 0 Å². The molecule has 0 radical (unpaired) electrons. The first-order valence-electron chi connectivity index (χ1n) is 18.1. The third-order valence-electron chi connectivity index (χ3n) is 10.4. The molecule has 2 fully saturated rings. The van der Waals surface area contributed by atoms with Gasteiger partial charge in [-0.05, 0) is 49.7 Å². The van der Waals surface area contributed by atoms with E-state index in [1.54, 1.807) is 31.4 Å². The predicted octanol–water partition coefficient (Wildman–Crippen LogP) is 6.35. The van der Waals surface area contributed by atoms with Crippen LogP contribution in [0.4, 0.5) is 11.4 Å². The molecule has 4 rings (SSSR count). The minimum absolute atomic E-state index is 0.0137. The topological polar surface area (TPSA) is 189 Å². The number of nitro groups is 2. The van der Waals surface area contributed by atoms with E-state index >= 15 is 0 Å². The molecule has 0 spiro atoms. The van der Waals surface area contributed by atoms with Crippen LogP contribution in [-0.2, 0) is 41.4 Å². The number of nitrogens with zero attached hydrogens (tertiary/aromatic N) is 2. The fraction of sp³-hybridized carbons (Fsp3) is 0.579. The number of non-ortho nitro benzene ring substituents is 2. The molecular weight excluding hydrogens is 705 g/mol. The molecule has 0 heterocycles. The molecule has 0 saturated heterocycles. The fourth-order valence-corrected chi connectivity index (χ4v) is 7.78. The number of rotatable bonds is 17. The number of amides is 1. The van der Waals surface area contributed by atoms with Crippen LogP contribution >= 0.6 is 12.2 Å². The molecule has 14 nitrogen and oxygen atoms in total. The zero-order valence-electron chi connectivity index (χ0n) is 31.1. The fourth-order valence-electron chi connectivity index (χ4n) is 7.33. The monoisotopic (exact) mass is 756 g/mol. The van der Waals surface area contributed by atoms with Crippen LogP contribution in [0.2, 0.25) is 0 Å². The van der Waals surface area contributed by atoms with Gasteiger partial charge in [-0.3, -0.25) is 25.0 Å². The van der Waals surface area contributed by atoms with Gasteiger partial charge in [0.2, 0.25) is 5.91 Å². The van der Waals surface area contributed by atoms with Crippen molar-refractivity contribution >= 4 is 46.4 Å². The van der Waals surface area contributed by atoms with Crippen LogP contribution in [0.3, 0.4) is 0 Å². The van der Waals surface area contributed by atoms with Gasteiger partial charge in [-0.15, -0.1) is 0 Å². The molecule has 0 aliphatic heterocycles. The maximum atomic E-state index is 12.9. The van der Waals surface area contributed by atoms with Gasteiger partial charge in [0.05, 0.1) is 29.1 Å². The van der Waals surface area contributed by atoms with Crippen LogP contribution < -0.4 is 10.6 Å². The number of hydrogen-bond acceptors (Lipinski definition) is 11. The number of nitro benzene ring substituents is 2. The maximum Gasteiger partial charge on any atom is 0.328 e. The summed E-state index contributed by atoms with van der Waals surface area (Å²) < 4.78 is 15.0. The summed E-state index contributed by atoms with van der Waals surface area (Å²) in [6.45, 7) is 2.68. The maximum absolute atomic E-state index is 12.9. The summed E-state index contributed by atoms with van der Waals surface area (Å²) in [5.74, 6) is -1.01. The second-order valence-corrected chi connectivity index (χ2v) is 14.2. The Balaban J connectivity index is 0.000000286. The minimum Gasteiger partial charge on any atom is -0.467 e. The quantitative estimate of drug-likeness (QED) is 0.0789. The van der Waals surface area contributed by atoms with Crippen LogP contribution in [-0.4, -0.2) is 72.7 Å². The van der Waals surface area contributed by atoms with Crippen LogP contribution in [0.5, 0.6) is 0 Å². The van der Waals surface area contributed by atoms with E-state index in [1.165, 1.54) is 38.5 Å². The average Bonchev–Trinajstić information content (AvgIpc) is 3.85. The second-order valence-electron chi connectivity index (χ2n) is 13.8. The molecule has 0 aromatic heterocycles. The van der Waals surface area contributed by atoms with Gasteiger partial charge in [-0.25, -0.2) is 9.59 Å². The highest BCUT2D eigenvalue weighted by Gasteiger charge is 2.42. The van der Waals surface area contributed by atoms with E-state index in [2.05, 4.69) is 17.6 Å². The Morgan fingerprint density at radius 3 is 1.51 bits per heavy atom. The zero-order chi connectivity index (χ0) is 39.0. The lowest BCUT2D eigenvalue weighted by atomic mass is 9.80. The Bertz CT molecular complexity index is 1560. The van der Waals surface area contributed by atoms with Crippen molar-refractivity contribution in [2.75, 3.05) is 27.9 Å². The molecule has 2 saturated carbocycles. The summed E-state index contributed by atoms with van der Waals surface area (Å²) in [6, 6.07) is 10.7. The third kappa shape index (κ3) is 12.0. The van der Waals surface area contributed by atoms with Crippen LogP contribution in [0, 0.1) is 31.1 Å². The molecule has 1 amide bonds. The molecule has 2 aromatic carbocycles. The lowest BCUT2D eigenvalue weighted by Crippen LogP contribution is -2.49. The number of thiocarbonyl (C=S) groups is 1. The number of benzene rings is 2. The Morgan fingerprint density at radius 2 is 1.13 bits per heavy atom. The van der Waals surface area contributed by atoms with Gasteiger partial charge in [0, 0.05) is 61.7 Å². The van der Waals surface area contributed by atoms with E-state index in [1.807, 2.05) is 0 Å². The number of methoxy groups -OCH3 is 3. The highest BCUT2D eigenvalue weighted by molar-refractivity contribution is 7.80. The summed E-state index contributed by atoms with van der Waals surface area (Å²) in [7, 11) is 4.30. The van der Waals surface area contributed by atoms with E-state index < -0.39 is 39.3 Å². The molecule has 2 unspecified atom stereocenters. The number of hydrogen-bond donors (Lipinski definition) is 2. The van der Waals surface area contributed by atoms with Crippen molar-refractivity contribution in [1.82, 2.24) is 10.6 Å². The number of ether oxygens (including phenoxy) is 3. The highest BCUT2D eigenvalue weighted by atomic mass is 32.1. The lowest BCUT2D eigenvalue weighted by molar-refractivity contribution is -0.385. The van der Waals surface area contributed by atoms with Crippen LogP contribution in [0.25, 0.3) is 0 Å². The van der Waals surface area contributed by atoms with E-state index in [9.17, 15) is 34.6 Å². The molecule has 2 atom stereocenters. The molecule has 290 valence electrons. The van der Waals surface area contributed by atoms with Crippen molar-refractivity contribution in [2.24, 2.45) is 10.8 Å². The Hall–Kier alpha value is -4.50. The van der Waals surface area contributed by atoms with Crippen molar-refractivity contribution in [3.63, 3.8) is 0 Å². The van der Waals surface area contributed by atoms with Gasteiger partial charge in [0.1, 0.15) is 12.1 Å². The molecule has 2 N–H and O–H groups in total. The summed E-state index contributed by atoms with van der Waals surface area (Å²) in [4.78, 5) is 58.7. The van der Waals surface area contributed by atoms with Gasteiger partial charge in [0.25, 0.3) is 11.4 Å². The number of carbonyl (C=O) groups is 3. The lowest BCUT2D eigenvalue weighted by Gasteiger charge is -2.32. The first kappa shape index (κ1) is 42.9. The first-order valence-corrected chi connectivity index (χ1v) is 18.5. The molecule has 15 heteroatoms. The molecular formula is C38H52N4O10S. The summed E-state index contributed by atoms with van der Waals surface area (Å²) in [5, 5.41) is 27.6. The van der Waals surface area contributed by atoms with Crippen molar-refractivity contribution < 1.29 is 38.4 Å². The van der Waals surface area contributed by atoms with Crippen molar-refractivity contribution in [2.45, 2.75) is 102 Å². The second kappa shape index (κ2) is 20.7. The normalized spacial score (nSPS) is 16.6. The first-order chi connectivity index (χ1) is 25.3. The highest BCUT2D eigenvalue weighted by Crippen LogP contribution is 2.43. The standard InChI is InChI=1S/C19H26N2O5S.C19H26N2O5/c1-25-12-11-19(9-3-4-10-19)18(27)20-16(17(22)26-2)13-14-5-7-15(8-6-14)21(23)24;1-3-10-19(11-4-5-12-19)18(23)20-16(17(22)26-2)13-14-6-8-15(9-7-14)21(24)25/h5-8,16H,3-4,9-13H2,1-2H3,(H,20,27);6-9,16H,3-5,10-13H2,1-2H3,(H,20,23). The van der Waals surface area contributed by atoms with E-state index in [-0.39, 0.29) is 29.1 Å². The van der Waals surface area contributed by atoms with Crippen molar-refractivity contribution in [1.29, 1.82) is 0 Å². The Morgan fingerprint density at radius 1 is 0.717 bits per heavy atom. The summed E-state index contributed by atoms with van der Waals surface area (Å²) in [6.07, 6.45) is 11.0. The van der Waals surface area contributed by atoms with Gasteiger partial charge in [-0.1, -0.05) is 75.5 Å². The third-order valence-corrected chi connectivity index (χ3v) is 10.9. The van der Waals surface area contributed by atoms with Gasteiger partial charge < -0.3 is 24.8 Å². The molecule has 0 bridgehead atoms. The number of esters is 2. The summed E-state index contributed by atoms with van der Waals surface area (Å²) in [5.41, 5.74) is 0.983. The van der Waals surface area contributed by atoms with Crippen molar-refractivity contribution in [3.05, 3.63) is 79.9 Å². The van der Waals surface area contributed by atoms with Crippen LogP contribution in [0.15, 0.2) is 48.5 Å². The van der Waals surface area contributed by atoms with E-state index in [0.717, 1.165) is 81.8 Å². The van der Waals surface area contributed by atoms with E-state index in [0.29, 0.717) is 18.0 Å². The molecule has 2 aliphatic rings. The van der Waals surface area contributed by atoms with E-state index in [4.69, 9.17) is 26.4 Å². The Labute approximate surface area is 316 Å². The minimum atomic E-state index is -0.803. The predicted molar refractivity (Wildman–Crippen MR) is 202 cm³/mol. The number of carbonyl (C=O) groups excluding carboxylic acids is 3. The van der Waals surface area contributed by atoms with Gasteiger partial charge in [-0.2, -0.15) is 0 Å². The molecule has 53 heavy (non-hydrogen) atoms. The largest absolute Gasteiger partial charge is 0.467 e. The SMILES string of the molecule is CCCC1(C(=O)NC(Cc2ccc([N+](=O)[O-])cc2)C(=O)OC)CCCC1.COCCC1(C(=S)NC(Cc2ccc([N+](=O)[O-])cc2)C(=O)OC)CCCC1. The summed E-state index contributed by atoms with van der Waals surface area (Å²) >= 11 is 5.69.